The number of benzene rings is 1. The van der Waals surface area contributed by atoms with Crippen LogP contribution in [0.1, 0.15) is 35.6 Å². The zero-order valence-corrected chi connectivity index (χ0v) is 10.4. The summed E-state index contributed by atoms with van der Waals surface area (Å²) >= 11 is 0. The van der Waals surface area contributed by atoms with E-state index in [1.807, 2.05) is 0 Å². The molecule has 2 heteroatoms. The van der Waals surface area contributed by atoms with E-state index in [0.29, 0.717) is 0 Å². The zero-order chi connectivity index (χ0) is 11.5. The predicted molar refractivity (Wildman–Crippen MR) is 68.5 cm³/mol. The Labute approximate surface area is 98.4 Å². The van der Waals surface area contributed by atoms with Gasteiger partial charge in [-0.3, -0.25) is 0 Å². The number of rotatable bonds is 3. The number of likely N-dealkylation sites (tertiary alicyclic amines) is 1. The summed E-state index contributed by atoms with van der Waals surface area (Å²) < 4.78 is 0. The molecular formula is C14H22N2. The molecule has 2 nitrogen and oxygen atoms in total. The molecule has 1 atom stereocenters. The maximum atomic E-state index is 6.28. The highest BCUT2D eigenvalue weighted by Gasteiger charge is 2.16. The molecule has 1 heterocycles. The van der Waals surface area contributed by atoms with Crippen molar-refractivity contribution in [1.82, 2.24) is 4.90 Å². The van der Waals surface area contributed by atoms with Gasteiger partial charge < -0.3 is 10.6 Å². The van der Waals surface area contributed by atoms with Crippen molar-refractivity contribution in [3.05, 3.63) is 34.9 Å². The number of nitrogens with zero attached hydrogens (tertiary/aromatic N) is 1. The number of nitrogens with two attached hydrogens (primary N) is 1. The summed E-state index contributed by atoms with van der Waals surface area (Å²) in [6.45, 7) is 7.73. The van der Waals surface area contributed by atoms with Gasteiger partial charge in [-0.05, 0) is 50.9 Å². The minimum atomic E-state index is 0.165. The third kappa shape index (κ3) is 2.63. The van der Waals surface area contributed by atoms with Crippen LogP contribution < -0.4 is 5.73 Å². The van der Waals surface area contributed by atoms with Crippen molar-refractivity contribution >= 4 is 0 Å². The largest absolute Gasteiger partial charge is 0.323 e. The smallest absolute Gasteiger partial charge is 0.0426 e. The van der Waals surface area contributed by atoms with Gasteiger partial charge in [0, 0.05) is 12.6 Å². The van der Waals surface area contributed by atoms with Gasteiger partial charge in [-0.15, -0.1) is 0 Å². The van der Waals surface area contributed by atoms with Crippen molar-refractivity contribution < 1.29 is 0 Å². The van der Waals surface area contributed by atoms with Gasteiger partial charge in [0.25, 0.3) is 0 Å². The molecule has 0 amide bonds. The topological polar surface area (TPSA) is 29.3 Å². The molecule has 0 aliphatic carbocycles. The van der Waals surface area contributed by atoms with E-state index in [9.17, 15) is 0 Å². The Morgan fingerprint density at radius 3 is 2.56 bits per heavy atom. The molecule has 1 aromatic carbocycles. The summed E-state index contributed by atoms with van der Waals surface area (Å²) in [5.74, 6) is 0. The quantitative estimate of drug-likeness (QED) is 0.844. The maximum Gasteiger partial charge on any atom is 0.0426 e. The molecule has 1 saturated heterocycles. The normalized spacial score (nSPS) is 18.9. The number of hydrogen-bond donors (Lipinski definition) is 1. The Bertz CT molecular complexity index is 354. The zero-order valence-electron chi connectivity index (χ0n) is 10.4. The van der Waals surface area contributed by atoms with Crippen molar-refractivity contribution in [3.63, 3.8) is 0 Å². The van der Waals surface area contributed by atoms with E-state index in [1.54, 1.807) is 0 Å². The molecule has 0 spiro atoms. The summed E-state index contributed by atoms with van der Waals surface area (Å²) in [6.07, 6.45) is 2.67. The number of aryl methyl sites for hydroxylation is 2. The van der Waals surface area contributed by atoms with E-state index in [4.69, 9.17) is 5.73 Å². The van der Waals surface area contributed by atoms with Crippen LogP contribution in [0.15, 0.2) is 18.2 Å². The first kappa shape index (κ1) is 11.6. The van der Waals surface area contributed by atoms with Crippen molar-refractivity contribution in [2.75, 3.05) is 19.6 Å². The molecule has 0 aromatic heterocycles. The molecule has 1 aromatic rings. The number of hydrogen-bond acceptors (Lipinski definition) is 2. The molecule has 0 saturated carbocycles. The molecule has 2 rings (SSSR count). The average Bonchev–Trinajstić information content (AvgIpc) is 2.70. The molecule has 1 fully saturated rings. The van der Waals surface area contributed by atoms with Gasteiger partial charge in [0.1, 0.15) is 0 Å². The van der Waals surface area contributed by atoms with E-state index in [2.05, 4.69) is 36.9 Å². The summed E-state index contributed by atoms with van der Waals surface area (Å²) in [4.78, 5) is 2.48. The SMILES string of the molecule is Cc1ccc(C(N)CN2CCCC2)c(C)c1. The lowest BCUT2D eigenvalue weighted by molar-refractivity contribution is 0.316. The van der Waals surface area contributed by atoms with Crippen molar-refractivity contribution in [2.24, 2.45) is 5.73 Å². The summed E-state index contributed by atoms with van der Waals surface area (Å²) in [7, 11) is 0. The first-order valence-corrected chi connectivity index (χ1v) is 6.22. The van der Waals surface area contributed by atoms with Crippen LogP contribution in [-0.2, 0) is 0 Å². The van der Waals surface area contributed by atoms with Gasteiger partial charge >= 0.3 is 0 Å². The molecule has 16 heavy (non-hydrogen) atoms. The second-order valence-corrected chi connectivity index (χ2v) is 4.97. The Kier molecular flexibility index (Phi) is 3.62. The maximum absolute atomic E-state index is 6.28. The Morgan fingerprint density at radius 2 is 1.94 bits per heavy atom. The van der Waals surface area contributed by atoms with Gasteiger partial charge in [0.15, 0.2) is 0 Å². The molecule has 0 radical (unpaired) electrons. The van der Waals surface area contributed by atoms with Crippen LogP contribution in [-0.4, -0.2) is 24.5 Å². The van der Waals surface area contributed by atoms with Crippen LogP contribution in [0.25, 0.3) is 0 Å². The van der Waals surface area contributed by atoms with Gasteiger partial charge in [0.2, 0.25) is 0 Å². The van der Waals surface area contributed by atoms with Gasteiger partial charge in [0.05, 0.1) is 0 Å². The van der Waals surface area contributed by atoms with Crippen LogP contribution in [0.2, 0.25) is 0 Å². The molecule has 0 bridgehead atoms. The van der Waals surface area contributed by atoms with Crippen LogP contribution in [0, 0.1) is 13.8 Å². The molecule has 1 unspecified atom stereocenters. The van der Waals surface area contributed by atoms with Crippen LogP contribution in [0.5, 0.6) is 0 Å². The molecule has 88 valence electrons. The highest BCUT2D eigenvalue weighted by molar-refractivity contribution is 5.32. The van der Waals surface area contributed by atoms with Crippen molar-refractivity contribution in [3.8, 4) is 0 Å². The van der Waals surface area contributed by atoms with E-state index in [1.165, 1.54) is 42.6 Å². The highest BCUT2D eigenvalue weighted by atomic mass is 15.1. The van der Waals surface area contributed by atoms with Gasteiger partial charge in [-0.2, -0.15) is 0 Å². The van der Waals surface area contributed by atoms with Crippen LogP contribution >= 0.6 is 0 Å². The fourth-order valence-corrected chi connectivity index (χ4v) is 2.58. The molecule has 1 aliphatic heterocycles. The molecule has 1 aliphatic rings. The fraction of sp³-hybridized carbons (Fsp3) is 0.571. The lowest BCUT2D eigenvalue weighted by atomic mass is 9.99. The first-order chi connectivity index (χ1) is 7.66. The fourth-order valence-electron chi connectivity index (χ4n) is 2.58. The van der Waals surface area contributed by atoms with Crippen molar-refractivity contribution in [2.45, 2.75) is 32.7 Å². The summed E-state index contributed by atoms with van der Waals surface area (Å²) in [5, 5.41) is 0. The minimum absolute atomic E-state index is 0.165. The Hall–Kier alpha value is -0.860. The van der Waals surface area contributed by atoms with Crippen molar-refractivity contribution in [1.29, 1.82) is 0 Å². The van der Waals surface area contributed by atoms with E-state index in [0.717, 1.165) is 6.54 Å². The summed E-state index contributed by atoms with van der Waals surface area (Å²) in [6, 6.07) is 6.73. The van der Waals surface area contributed by atoms with Crippen LogP contribution in [0.3, 0.4) is 0 Å². The second kappa shape index (κ2) is 4.98. The molecular weight excluding hydrogens is 196 g/mol. The Balaban J connectivity index is 2.04. The standard InChI is InChI=1S/C14H22N2/c1-11-5-6-13(12(2)9-11)14(15)10-16-7-3-4-8-16/h5-6,9,14H,3-4,7-8,10,15H2,1-2H3. The van der Waals surface area contributed by atoms with Gasteiger partial charge in [-0.25, -0.2) is 0 Å². The van der Waals surface area contributed by atoms with Crippen LogP contribution in [0.4, 0.5) is 0 Å². The average molecular weight is 218 g/mol. The van der Waals surface area contributed by atoms with E-state index in [-0.39, 0.29) is 6.04 Å². The lowest BCUT2D eigenvalue weighted by Crippen LogP contribution is -2.30. The third-order valence-corrected chi connectivity index (χ3v) is 3.48. The monoisotopic (exact) mass is 218 g/mol. The third-order valence-electron chi connectivity index (χ3n) is 3.48. The lowest BCUT2D eigenvalue weighted by Gasteiger charge is -2.22. The first-order valence-electron chi connectivity index (χ1n) is 6.22. The highest BCUT2D eigenvalue weighted by Crippen LogP contribution is 2.19. The van der Waals surface area contributed by atoms with E-state index < -0.39 is 0 Å². The molecule has 2 N–H and O–H groups in total. The summed E-state index contributed by atoms with van der Waals surface area (Å²) in [5.41, 5.74) is 10.2. The second-order valence-electron chi connectivity index (χ2n) is 4.97. The van der Waals surface area contributed by atoms with E-state index >= 15 is 0 Å². The Morgan fingerprint density at radius 1 is 1.25 bits per heavy atom. The predicted octanol–water partition coefficient (Wildman–Crippen LogP) is 2.40. The van der Waals surface area contributed by atoms with Gasteiger partial charge in [-0.1, -0.05) is 23.8 Å². The minimum Gasteiger partial charge on any atom is -0.323 e.